The number of rotatable bonds is 9. The van der Waals surface area contributed by atoms with Crippen LogP contribution >= 0.6 is 0 Å². The lowest BCUT2D eigenvalue weighted by Crippen LogP contribution is -2.49. The molecule has 0 heterocycles. The predicted molar refractivity (Wildman–Crippen MR) is 68.6 cm³/mol. The first-order valence-corrected chi connectivity index (χ1v) is 6.33. The van der Waals surface area contributed by atoms with Crippen molar-refractivity contribution in [3.8, 4) is 0 Å². The van der Waals surface area contributed by atoms with Gasteiger partial charge in [0, 0.05) is 7.11 Å². The minimum atomic E-state index is -1.00. The lowest BCUT2D eigenvalue weighted by atomic mass is 10.1. The molecule has 0 saturated carbocycles. The third-order valence-electron chi connectivity index (χ3n) is 2.65. The number of carboxylic acid groups (broad SMARTS) is 1. The molecule has 0 aromatic heterocycles. The SMILES string of the molecule is CCCC[C@H](NC(=O)NC(CC)COC)C(=O)O. The van der Waals surface area contributed by atoms with E-state index in [1.165, 1.54) is 0 Å². The van der Waals surface area contributed by atoms with Gasteiger partial charge in [0.15, 0.2) is 0 Å². The molecule has 0 spiro atoms. The van der Waals surface area contributed by atoms with E-state index in [-0.39, 0.29) is 6.04 Å². The molecular weight excluding hydrogens is 236 g/mol. The zero-order valence-corrected chi connectivity index (χ0v) is 11.4. The van der Waals surface area contributed by atoms with Crippen molar-refractivity contribution in [3.63, 3.8) is 0 Å². The fourth-order valence-electron chi connectivity index (χ4n) is 1.51. The monoisotopic (exact) mass is 260 g/mol. The molecule has 0 aliphatic heterocycles. The van der Waals surface area contributed by atoms with Crippen LogP contribution in [0, 0.1) is 0 Å². The van der Waals surface area contributed by atoms with E-state index < -0.39 is 18.0 Å². The molecule has 1 unspecified atom stereocenters. The highest BCUT2D eigenvalue weighted by atomic mass is 16.5. The summed E-state index contributed by atoms with van der Waals surface area (Å²) in [7, 11) is 1.56. The van der Waals surface area contributed by atoms with Crippen molar-refractivity contribution in [3.05, 3.63) is 0 Å². The third kappa shape index (κ3) is 7.11. The molecule has 18 heavy (non-hydrogen) atoms. The average Bonchev–Trinajstić information content (AvgIpc) is 2.33. The van der Waals surface area contributed by atoms with Crippen LogP contribution in [0.5, 0.6) is 0 Å². The van der Waals surface area contributed by atoms with Gasteiger partial charge in [0.05, 0.1) is 12.6 Å². The zero-order valence-electron chi connectivity index (χ0n) is 11.4. The van der Waals surface area contributed by atoms with Crippen LogP contribution in [0.2, 0.25) is 0 Å². The largest absolute Gasteiger partial charge is 0.480 e. The first-order valence-electron chi connectivity index (χ1n) is 6.33. The van der Waals surface area contributed by atoms with Gasteiger partial charge in [-0.05, 0) is 12.8 Å². The van der Waals surface area contributed by atoms with Crippen LogP contribution in [0.3, 0.4) is 0 Å². The molecule has 0 aliphatic rings. The number of urea groups is 1. The van der Waals surface area contributed by atoms with E-state index in [0.717, 1.165) is 19.3 Å². The van der Waals surface area contributed by atoms with Crippen LogP contribution in [-0.4, -0.2) is 42.9 Å². The molecule has 0 rings (SSSR count). The number of hydrogen-bond donors (Lipinski definition) is 3. The number of unbranched alkanes of at least 4 members (excludes halogenated alkanes) is 1. The first-order chi connectivity index (χ1) is 8.54. The Morgan fingerprint density at radius 3 is 2.39 bits per heavy atom. The highest BCUT2D eigenvalue weighted by molar-refractivity contribution is 5.82. The lowest BCUT2D eigenvalue weighted by Gasteiger charge is -2.19. The van der Waals surface area contributed by atoms with Gasteiger partial charge in [0.1, 0.15) is 6.04 Å². The van der Waals surface area contributed by atoms with E-state index in [2.05, 4.69) is 10.6 Å². The first kappa shape index (κ1) is 16.7. The summed E-state index contributed by atoms with van der Waals surface area (Å²) in [6.07, 6.45) is 2.84. The van der Waals surface area contributed by atoms with E-state index in [1.54, 1.807) is 7.11 Å². The molecule has 2 amide bonds. The maximum absolute atomic E-state index is 11.6. The molecule has 6 heteroatoms. The standard InChI is InChI=1S/C12H24N2O4/c1-4-6-7-10(11(15)16)14-12(17)13-9(5-2)8-18-3/h9-10H,4-8H2,1-3H3,(H,15,16)(H2,13,14,17)/t9?,10-/m0/s1. The molecule has 0 aromatic carbocycles. The highest BCUT2D eigenvalue weighted by Gasteiger charge is 2.20. The summed E-state index contributed by atoms with van der Waals surface area (Å²) >= 11 is 0. The van der Waals surface area contributed by atoms with Crippen LogP contribution in [0.15, 0.2) is 0 Å². The van der Waals surface area contributed by atoms with Gasteiger partial charge in [-0.2, -0.15) is 0 Å². The van der Waals surface area contributed by atoms with Crippen molar-refractivity contribution in [1.29, 1.82) is 0 Å². The van der Waals surface area contributed by atoms with Crippen molar-refractivity contribution in [1.82, 2.24) is 10.6 Å². The Hall–Kier alpha value is -1.30. The molecule has 0 aromatic rings. The Morgan fingerprint density at radius 1 is 1.28 bits per heavy atom. The van der Waals surface area contributed by atoms with Gasteiger partial charge in [-0.15, -0.1) is 0 Å². The zero-order chi connectivity index (χ0) is 14.0. The van der Waals surface area contributed by atoms with Gasteiger partial charge in [0.2, 0.25) is 0 Å². The number of carbonyl (C=O) groups excluding carboxylic acids is 1. The molecule has 0 radical (unpaired) electrons. The fourth-order valence-corrected chi connectivity index (χ4v) is 1.51. The van der Waals surface area contributed by atoms with E-state index in [1.807, 2.05) is 13.8 Å². The Labute approximate surface area is 108 Å². The van der Waals surface area contributed by atoms with E-state index in [9.17, 15) is 9.59 Å². The van der Waals surface area contributed by atoms with E-state index >= 15 is 0 Å². The van der Waals surface area contributed by atoms with Crippen molar-refractivity contribution in [2.75, 3.05) is 13.7 Å². The van der Waals surface area contributed by atoms with Crippen molar-refractivity contribution in [2.45, 2.75) is 51.6 Å². The van der Waals surface area contributed by atoms with Crippen LogP contribution in [0.25, 0.3) is 0 Å². The summed E-state index contributed by atoms with van der Waals surface area (Å²) in [6, 6.07) is -1.39. The van der Waals surface area contributed by atoms with E-state index in [4.69, 9.17) is 9.84 Å². The van der Waals surface area contributed by atoms with Crippen LogP contribution in [0.1, 0.15) is 39.5 Å². The van der Waals surface area contributed by atoms with Gasteiger partial charge in [-0.25, -0.2) is 9.59 Å². The second-order valence-corrected chi connectivity index (χ2v) is 4.21. The number of ether oxygens (including phenoxy) is 1. The second kappa shape index (κ2) is 9.70. The molecule has 2 atom stereocenters. The molecule has 6 nitrogen and oxygen atoms in total. The summed E-state index contributed by atoms with van der Waals surface area (Å²) in [6.45, 7) is 4.32. The summed E-state index contributed by atoms with van der Waals surface area (Å²) in [5.41, 5.74) is 0. The van der Waals surface area contributed by atoms with Gasteiger partial charge < -0.3 is 20.5 Å². The smallest absolute Gasteiger partial charge is 0.326 e. The van der Waals surface area contributed by atoms with Gasteiger partial charge in [0.25, 0.3) is 0 Å². The minimum Gasteiger partial charge on any atom is -0.480 e. The molecule has 0 bridgehead atoms. The van der Waals surface area contributed by atoms with Crippen LogP contribution in [0.4, 0.5) is 4.79 Å². The van der Waals surface area contributed by atoms with Crippen LogP contribution in [-0.2, 0) is 9.53 Å². The predicted octanol–water partition coefficient (Wildman–Crippen LogP) is 1.35. The van der Waals surface area contributed by atoms with Crippen molar-refractivity contribution < 1.29 is 19.4 Å². The van der Waals surface area contributed by atoms with Gasteiger partial charge >= 0.3 is 12.0 Å². The number of aliphatic carboxylic acids is 1. The topological polar surface area (TPSA) is 87.7 Å². The maximum Gasteiger partial charge on any atom is 0.326 e. The lowest BCUT2D eigenvalue weighted by molar-refractivity contribution is -0.139. The van der Waals surface area contributed by atoms with E-state index in [0.29, 0.717) is 13.0 Å². The summed E-state index contributed by atoms with van der Waals surface area (Å²) in [5, 5.41) is 14.1. The normalized spacial score (nSPS) is 13.7. The van der Waals surface area contributed by atoms with Gasteiger partial charge in [-0.3, -0.25) is 0 Å². The fraction of sp³-hybridized carbons (Fsp3) is 0.833. The Balaban J connectivity index is 4.19. The average molecular weight is 260 g/mol. The third-order valence-corrected chi connectivity index (χ3v) is 2.65. The summed E-state index contributed by atoms with van der Waals surface area (Å²) < 4.78 is 4.95. The van der Waals surface area contributed by atoms with Gasteiger partial charge in [-0.1, -0.05) is 26.7 Å². The number of amides is 2. The number of carboxylic acids is 1. The molecular formula is C12H24N2O4. The maximum atomic E-state index is 11.6. The molecule has 0 fully saturated rings. The second-order valence-electron chi connectivity index (χ2n) is 4.21. The molecule has 3 N–H and O–H groups in total. The number of carbonyl (C=O) groups is 2. The minimum absolute atomic E-state index is 0.101. The number of nitrogens with one attached hydrogen (secondary N) is 2. The summed E-state index contributed by atoms with van der Waals surface area (Å²) in [5.74, 6) is -1.00. The number of hydrogen-bond acceptors (Lipinski definition) is 3. The Kier molecular flexibility index (Phi) is 9.00. The van der Waals surface area contributed by atoms with Crippen molar-refractivity contribution >= 4 is 12.0 Å². The Morgan fingerprint density at radius 2 is 1.94 bits per heavy atom. The number of methoxy groups -OCH3 is 1. The Bertz CT molecular complexity index is 258. The molecule has 0 aliphatic carbocycles. The van der Waals surface area contributed by atoms with Crippen molar-refractivity contribution in [2.24, 2.45) is 0 Å². The highest BCUT2D eigenvalue weighted by Crippen LogP contribution is 2.01. The molecule has 0 saturated heterocycles. The molecule has 106 valence electrons. The quantitative estimate of drug-likeness (QED) is 0.584. The van der Waals surface area contributed by atoms with Crippen LogP contribution < -0.4 is 10.6 Å². The summed E-state index contributed by atoms with van der Waals surface area (Å²) in [4.78, 5) is 22.6.